The van der Waals surface area contributed by atoms with Crippen LogP contribution in [-0.2, 0) is 19.1 Å². The molecule has 0 unspecified atom stereocenters. The number of methoxy groups -OCH3 is 2. The second-order valence-corrected chi connectivity index (χ2v) is 6.28. The SMILES string of the molecule is COC(=O)C1=C(C(=O)OC)N(c2c(Br)cc(F)c(F)c2Br)C=CC=C1. The van der Waals surface area contributed by atoms with Crippen LogP contribution in [0.25, 0.3) is 0 Å². The number of nitrogens with zero attached hydrogens (tertiary/aromatic N) is 1. The Morgan fingerprint density at radius 3 is 2.32 bits per heavy atom. The van der Waals surface area contributed by atoms with Crippen LogP contribution >= 0.6 is 31.9 Å². The van der Waals surface area contributed by atoms with Crippen molar-refractivity contribution in [1.82, 2.24) is 0 Å². The van der Waals surface area contributed by atoms with Gasteiger partial charge in [-0.05, 0) is 50.1 Å². The molecule has 0 bridgehead atoms. The third-order valence-electron chi connectivity index (χ3n) is 3.22. The zero-order valence-corrected chi connectivity index (χ0v) is 16.2. The summed E-state index contributed by atoms with van der Waals surface area (Å²) in [6.45, 7) is 0. The lowest BCUT2D eigenvalue weighted by Crippen LogP contribution is -2.27. The summed E-state index contributed by atoms with van der Waals surface area (Å²) in [4.78, 5) is 25.6. The standard InChI is InChI=1S/C16H11Br2F2NO4/c1-24-15(22)8-5-3-4-6-21(13(8)16(23)25-2)14-9(17)7-10(19)12(20)11(14)18/h3-7H,1-2H3. The maximum absolute atomic E-state index is 14.0. The van der Waals surface area contributed by atoms with E-state index in [0.717, 1.165) is 20.3 Å². The predicted molar refractivity (Wildman–Crippen MR) is 93.6 cm³/mol. The van der Waals surface area contributed by atoms with E-state index in [1.54, 1.807) is 0 Å². The van der Waals surface area contributed by atoms with E-state index in [2.05, 4.69) is 36.6 Å². The summed E-state index contributed by atoms with van der Waals surface area (Å²) in [5, 5.41) is 0. The van der Waals surface area contributed by atoms with E-state index < -0.39 is 23.6 Å². The number of anilines is 1. The fraction of sp³-hybridized carbons (Fsp3) is 0.125. The minimum absolute atomic E-state index is 0.0700. The molecule has 5 nitrogen and oxygen atoms in total. The van der Waals surface area contributed by atoms with Crippen molar-refractivity contribution in [2.75, 3.05) is 19.1 Å². The molecule has 0 aromatic heterocycles. The molecule has 0 saturated heterocycles. The Bertz CT molecular complexity index is 834. The van der Waals surface area contributed by atoms with Crippen molar-refractivity contribution in [3.63, 3.8) is 0 Å². The summed E-state index contributed by atoms with van der Waals surface area (Å²) < 4.78 is 37.0. The second-order valence-electron chi connectivity index (χ2n) is 4.63. The molecular weight excluding hydrogens is 468 g/mol. The molecule has 0 N–H and O–H groups in total. The highest BCUT2D eigenvalue weighted by atomic mass is 79.9. The first-order valence-corrected chi connectivity index (χ1v) is 8.30. The van der Waals surface area contributed by atoms with Gasteiger partial charge >= 0.3 is 11.9 Å². The average Bonchev–Trinajstić information content (AvgIpc) is 2.81. The molecule has 0 spiro atoms. The smallest absolute Gasteiger partial charge is 0.355 e. The Labute approximate surface area is 158 Å². The van der Waals surface area contributed by atoms with Crippen LogP contribution in [0.3, 0.4) is 0 Å². The van der Waals surface area contributed by atoms with Crippen LogP contribution in [0.1, 0.15) is 0 Å². The van der Waals surface area contributed by atoms with E-state index in [4.69, 9.17) is 4.74 Å². The number of carbonyl (C=O) groups excluding carboxylic acids is 2. The number of benzene rings is 1. The minimum atomic E-state index is -1.15. The molecule has 0 radical (unpaired) electrons. The summed E-state index contributed by atoms with van der Waals surface area (Å²) in [5.74, 6) is -3.89. The minimum Gasteiger partial charge on any atom is -0.465 e. The molecule has 132 valence electrons. The van der Waals surface area contributed by atoms with Gasteiger partial charge < -0.3 is 14.4 Å². The van der Waals surface area contributed by atoms with Crippen LogP contribution in [0.4, 0.5) is 14.5 Å². The van der Waals surface area contributed by atoms with Gasteiger partial charge in [0.25, 0.3) is 0 Å². The van der Waals surface area contributed by atoms with E-state index in [1.807, 2.05) is 0 Å². The van der Waals surface area contributed by atoms with E-state index >= 15 is 0 Å². The quantitative estimate of drug-likeness (QED) is 0.373. The van der Waals surface area contributed by atoms with Gasteiger partial charge in [0.2, 0.25) is 0 Å². The Kier molecular flexibility index (Phi) is 6.12. The lowest BCUT2D eigenvalue weighted by molar-refractivity contribution is -0.139. The molecule has 0 atom stereocenters. The van der Waals surface area contributed by atoms with Gasteiger partial charge in [0, 0.05) is 10.7 Å². The summed E-state index contributed by atoms with van der Waals surface area (Å²) in [5.41, 5.74) is -0.254. The molecule has 25 heavy (non-hydrogen) atoms. The van der Waals surface area contributed by atoms with Crippen LogP contribution in [0.15, 0.2) is 50.7 Å². The Hall–Kier alpha value is -2.00. The van der Waals surface area contributed by atoms with Gasteiger partial charge in [-0.2, -0.15) is 0 Å². The van der Waals surface area contributed by atoms with Gasteiger partial charge in [-0.15, -0.1) is 0 Å². The zero-order valence-electron chi connectivity index (χ0n) is 13.0. The normalized spacial score (nSPS) is 13.8. The number of halogens is 4. The van der Waals surface area contributed by atoms with Gasteiger partial charge in [0.1, 0.15) is 5.70 Å². The third kappa shape index (κ3) is 3.67. The van der Waals surface area contributed by atoms with Crippen LogP contribution in [0.5, 0.6) is 0 Å². The topological polar surface area (TPSA) is 55.8 Å². The lowest BCUT2D eigenvalue weighted by Gasteiger charge is -2.25. The monoisotopic (exact) mass is 477 g/mol. The zero-order chi connectivity index (χ0) is 18.7. The summed E-state index contributed by atoms with van der Waals surface area (Å²) >= 11 is 6.13. The van der Waals surface area contributed by atoms with Crippen molar-refractivity contribution in [3.05, 3.63) is 62.3 Å². The molecule has 0 fully saturated rings. The number of esters is 2. The molecular formula is C16H11Br2F2NO4. The van der Waals surface area contributed by atoms with Gasteiger partial charge in [0.05, 0.1) is 30.0 Å². The van der Waals surface area contributed by atoms with E-state index in [9.17, 15) is 18.4 Å². The average molecular weight is 479 g/mol. The molecule has 9 heteroatoms. The van der Waals surface area contributed by atoms with Crippen molar-refractivity contribution >= 4 is 49.5 Å². The van der Waals surface area contributed by atoms with Crippen molar-refractivity contribution in [2.24, 2.45) is 0 Å². The first-order chi connectivity index (χ1) is 11.8. The molecule has 0 aliphatic carbocycles. The van der Waals surface area contributed by atoms with E-state index in [-0.39, 0.29) is 25.9 Å². The maximum Gasteiger partial charge on any atom is 0.355 e. The van der Waals surface area contributed by atoms with Gasteiger partial charge in [-0.25, -0.2) is 18.4 Å². The summed E-state index contributed by atoms with van der Waals surface area (Å²) in [6.07, 6.45) is 5.77. The van der Waals surface area contributed by atoms with Crippen LogP contribution in [0.2, 0.25) is 0 Å². The molecule has 1 heterocycles. The van der Waals surface area contributed by atoms with Gasteiger partial charge in [0.15, 0.2) is 11.6 Å². The lowest BCUT2D eigenvalue weighted by atomic mass is 10.1. The summed E-state index contributed by atoms with van der Waals surface area (Å²) in [7, 11) is 2.29. The second kappa shape index (κ2) is 7.92. The number of ether oxygens (including phenoxy) is 2. The predicted octanol–water partition coefficient (Wildman–Crippen LogP) is 3.98. The highest BCUT2D eigenvalue weighted by Crippen LogP contribution is 2.40. The van der Waals surface area contributed by atoms with E-state index in [1.165, 1.54) is 29.3 Å². The fourth-order valence-corrected chi connectivity index (χ4v) is 3.56. The first kappa shape index (κ1) is 19.3. The highest BCUT2D eigenvalue weighted by Gasteiger charge is 2.30. The Morgan fingerprint density at radius 1 is 1.08 bits per heavy atom. The Morgan fingerprint density at radius 2 is 1.72 bits per heavy atom. The van der Waals surface area contributed by atoms with Gasteiger partial charge in [-0.1, -0.05) is 6.08 Å². The van der Waals surface area contributed by atoms with Crippen LogP contribution in [-0.4, -0.2) is 26.2 Å². The third-order valence-corrected chi connectivity index (χ3v) is 4.55. The molecule has 0 saturated carbocycles. The molecule has 1 aliphatic rings. The molecule has 2 rings (SSSR count). The Balaban J connectivity index is 2.81. The van der Waals surface area contributed by atoms with Crippen molar-refractivity contribution in [2.45, 2.75) is 0 Å². The molecule has 1 aliphatic heterocycles. The van der Waals surface area contributed by atoms with Crippen molar-refractivity contribution in [1.29, 1.82) is 0 Å². The fourth-order valence-electron chi connectivity index (χ4n) is 2.11. The molecule has 1 aromatic rings. The number of hydrogen-bond donors (Lipinski definition) is 0. The van der Waals surface area contributed by atoms with Crippen molar-refractivity contribution in [3.8, 4) is 0 Å². The number of rotatable bonds is 3. The maximum atomic E-state index is 14.0. The van der Waals surface area contributed by atoms with Crippen LogP contribution < -0.4 is 4.90 Å². The number of hydrogen-bond acceptors (Lipinski definition) is 5. The van der Waals surface area contributed by atoms with E-state index in [0.29, 0.717) is 0 Å². The summed E-state index contributed by atoms with van der Waals surface area (Å²) in [6, 6.07) is 0.911. The molecule has 1 aromatic carbocycles. The van der Waals surface area contributed by atoms with Crippen LogP contribution in [0, 0.1) is 11.6 Å². The largest absolute Gasteiger partial charge is 0.465 e. The molecule has 0 amide bonds. The highest BCUT2D eigenvalue weighted by molar-refractivity contribution is 9.11. The van der Waals surface area contributed by atoms with Gasteiger partial charge in [-0.3, -0.25) is 0 Å². The first-order valence-electron chi connectivity index (χ1n) is 6.71. The number of carbonyl (C=O) groups is 2. The number of allylic oxidation sites excluding steroid dienone is 2. The van der Waals surface area contributed by atoms with Crippen molar-refractivity contribution < 1.29 is 27.8 Å².